The first-order chi connectivity index (χ1) is 13.3. The molecule has 1 aromatic heterocycles. The fraction of sp³-hybridized carbons (Fsp3) is 0.294. The molecule has 2 amide bonds. The van der Waals surface area contributed by atoms with Crippen molar-refractivity contribution in [2.75, 3.05) is 6.54 Å². The van der Waals surface area contributed by atoms with Gasteiger partial charge in [0.2, 0.25) is 5.75 Å². The van der Waals surface area contributed by atoms with E-state index >= 15 is 0 Å². The lowest BCUT2D eigenvalue weighted by Crippen LogP contribution is -2.42. The quantitative estimate of drug-likeness (QED) is 0.520. The van der Waals surface area contributed by atoms with Gasteiger partial charge in [-0.25, -0.2) is 9.37 Å². The minimum absolute atomic E-state index is 0.0182. The number of β-amino-alcohol motifs (C(OH)–C–C–N with tert-alkyl or cyclic N) is 1. The van der Waals surface area contributed by atoms with Crippen LogP contribution in [0.2, 0.25) is 0 Å². The molecule has 2 atom stereocenters. The summed E-state index contributed by atoms with van der Waals surface area (Å²) in [6, 6.07) is 4.29. The second-order valence-corrected chi connectivity index (χ2v) is 6.28. The average molecular weight is 391 g/mol. The minimum Gasteiger partial charge on any atom is -0.530 e. The molecule has 4 N–H and O–H groups in total. The lowest BCUT2D eigenvalue weighted by Gasteiger charge is -2.25. The Labute approximate surface area is 157 Å². The van der Waals surface area contributed by atoms with Crippen LogP contribution in [0.1, 0.15) is 34.3 Å². The van der Waals surface area contributed by atoms with Gasteiger partial charge in [0.25, 0.3) is 11.5 Å². The van der Waals surface area contributed by atoms with Crippen molar-refractivity contribution >= 4 is 12.0 Å². The monoisotopic (exact) mass is 391 g/mol. The van der Waals surface area contributed by atoms with E-state index in [-0.39, 0.29) is 25.3 Å². The molecule has 148 valence electrons. The van der Waals surface area contributed by atoms with Gasteiger partial charge in [-0.2, -0.15) is 0 Å². The van der Waals surface area contributed by atoms with Gasteiger partial charge in [-0.15, -0.1) is 0 Å². The number of hydrogen-bond donors (Lipinski definition) is 4. The number of nitrogens with zero attached hydrogens (tertiary/aromatic N) is 2. The number of halogens is 1. The van der Waals surface area contributed by atoms with E-state index in [4.69, 9.17) is 0 Å². The van der Waals surface area contributed by atoms with Gasteiger partial charge in [-0.3, -0.25) is 9.59 Å². The molecule has 28 heavy (non-hydrogen) atoms. The second-order valence-electron chi connectivity index (χ2n) is 6.28. The van der Waals surface area contributed by atoms with Gasteiger partial charge in [0.05, 0.1) is 12.1 Å². The summed E-state index contributed by atoms with van der Waals surface area (Å²) in [4.78, 5) is 42.4. The van der Waals surface area contributed by atoms with E-state index in [1.807, 2.05) is 0 Å². The molecule has 11 heteroatoms. The zero-order chi connectivity index (χ0) is 20.4. The van der Waals surface area contributed by atoms with Crippen molar-refractivity contribution in [3.8, 4) is 5.75 Å². The summed E-state index contributed by atoms with van der Waals surface area (Å²) in [6.07, 6.45) is -2.62. The molecule has 2 aromatic rings. The molecule has 1 aliphatic heterocycles. The maximum atomic E-state index is 12.9. The third kappa shape index (κ3) is 3.93. The first-order valence-electron chi connectivity index (χ1n) is 8.27. The largest absolute Gasteiger partial charge is 0.530 e. The Hall–Kier alpha value is -3.47. The van der Waals surface area contributed by atoms with Gasteiger partial charge >= 0.3 is 0 Å². The molecule has 3 rings (SSSR count). The number of aliphatic hydroxyl groups excluding tert-OH is 1. The Morgan fingerprint density at radius 1 is 1.36 bits per heavy atom. The number of aromatic hydroxyl groups is 1. The van der Waals surface area contributed by atoms with Crippen LogP contribution < -0.4 is 16.0 Å². The molecule has 1 fully saturated rings. The van der Waals surface area contributed by atoms with E-state index in [1.165, 1.54) is 24.3 Å². The number of hydrogen-bond acceptors (Lipinski definition) is 7. The number of rotatable bonds is 4. The van der Waals surface area contributed by atoms with Crippen LogP contribution in [0.3, 0.4) is 0 Å². The molecule has 10 nitrogen and oxygen atoms in total. The average Bonchev–Trinajstić information content (AvgIpc) is 3.05. The highest BCUT2D eigenvalue weighted by molar-refractivity contribution is 5.94. The van der Waals surface area contributed by atoms with Crippen molar-refractivity contribution in [1.29, 1.82) is 0 Å². The van der Waals surface area contributed by atoms with Crippen molar-refractivity contribution in [3.05, 3.63) is 57.5 Å². The number of likely N-dealkylation sites (tertiary alicyclic amines) is 1. The van der Waals surface area contributed by atoms with Gasteiger partial charge in [0.15, 0.2) is 5.69 Å². The molecule has 0 unspecified atom stereocenters. The molecule has 1 aromatic carbocycles. The predicted molar refractivity (Wildman–Crippen MR) is 89.6 cm³/mol. The maximum Gasteiger partial charge on any atom is 0.294 e. The SMILES string of the molecule is O=C(NCc1ccc(F)cc1)c1nc([C@@H]2C[C@@H](O)CN2C(=O)[O-])[nH]c(=O)c1O. The van der Waals surface area contributed by atoms with Gasteiger partial charge in [-0.1, -0.05) is 12.1 Å². The molecular formula is C17H16FN4O6-. The zero-order valence-corrected chi connectivity index (χ0v) is 14.4. The fourth-order valence-electron chi connectivity index (χ4n) is 2.94. The number of carbonyl (C=O) groups is 2. The van der Waals surface area contributed by atoms with Gasteiger partial charge in [0.1, 0.15) is 17.7 Å². The normalized spacial score (nSPS) is 18.9. The number of aliphatic hydroxyl groups is 1. The second kappa shape index (κ2) is 7.64. The number of aromatic amines is 1. The van der Waals surface area contributed by atoms with E-state index in [1.54, 1.807) is 0 Å². The number of carboxylic acid groups (broad SMARTS) is 1. The molecule has 0 bridgehead atoms. The Kier molecular flexibility index (Phi) is 5.27. The molecular weight excluding hydrogens is 375 g/mol. The topological polar surface area (TPSA) is 159 Å². The third-order valence-electron chi connectivity index (χ3n) is 4.32. The van der Waals surface area contributed by atoms with E-state index in [0.717, 1.165) is 4.90 Å². The molecule has 0 spiro atoms. The summed E-state index contributed by atoms with van der Waals surface area (Å²) in [7, 11) is 0. The van der Waals surface area contributed by atoms with Crippen molar-refractivity contribution in [3.63, 3.8) is 0 Å². The Bertz CT molecular complexity index is 961. The molecule has 0 radical (unpaired) electrons. The molecule has 0 aliphatic carbocycles. The van der Waals surface area contributed by atoms with Crippen molar-refractivity contribution < 1.29 is 29.3 Å². The summed E-state index contributed by atoms with van der Waals surface area (Å²) in [6.45, 7) is -0.251. The van der Waals surface area contributed by atoms with Crippen LogP contribution in [0.15, 0.2) is 29.1 Å². The van der Waals surface area contributed by atoms with Crippen molar-refractivity contribution in [1.82, 2.24) is 20.2 Å². The summed E-state index contributed by atoms with van der Waals surface area (Å²) < 4.78 is 12.9. The molecule has 2 heterocycles. The Morgan fingerprint density at radius 2 is 2.04 bits per heavy atom. The number of carbonyl (C=O) groups excluding carboxylic acids is 2. The first kappa shape index (κ1) is 19.3. The molecule has 1 saturated heterocycles. The van der Waals surface area contributed by atoms with Crippen LogP contribution in [0.4, 0.5) is 9.18 Å². The van der Waals surface area contributed by atoms with Gasteiger partial charge < -0.3 is 35.3 Å². The number of aromatic nitrogens is 2. The van der Waals surface area contributed by atoms with Crippen LogP contribution in [0.25, 0.3) is 0 Å². The highest BCUT2D eigenvalue weighted by Crippen LogP contribution is 2.29. The van der Waals surface area contributed by atoms with E-state index < -0.39 is 47.0 Å². The highest BCUT2D eigenvalue weighted by Gasteiger charge is 2.35. The van der Waals surface area contributed by atoms with Crippen LogP contribution >= 0.6 is 0 Å². The summed E-state index contributed by atoms with van der Waals surface area (Å²) in [5, 5.41) is 33.2. The molecule has 0 saturated carbocycles. The minimum atomic E-state index is -1.57. The summed E-state index contributed by atoms with van der Waals surface area (Å²) in [5.74, 6) is -2.45. The van der Waals surface area contributed by atoms with Crippen LogP contribution in [-0.2, 0) is 6.54 Å². The number of benzene rings is 1. The number of nitrogens with one attached hydrogen (secondary N) is 2. The van der Waals surface area contributed by atoms with Crippen molar-refractivity contribution in [2.45, 2.75) is 25.1 Å². The van der Waals surface area contributed by atoms with Crippen LogP contribution in [0, 0.1) is 5.82 Å². The first-order valence-corrected chi connectivity index (χ1v) is 8.27. The fourth-order valence-corrected chi connectivity index (χ4v) is 2.94. The molecule has 1 aliphatic rings. The smallest absolute Gasteiger partial charge is 0.294 e. The predicted octanol–water partition coefficient (Wildman–Crippen LogP) is -1.00. The van der Waals surface area contributed by atoms with E-state index in [9.17, 15) is 34.1 Å². The third-order valence-corrected chi connectivity index (χ3v) is 4.32. The number of H-pyrrole nitrogens is 1. The standard InChI is InChI=1S/C17H17FN4O6/c18-9-3-1-8(2-4-9)6-19-15(25)12-13(24)16(26)21-14(20-12)11-5-10(23)7-22(11)17(27)28/h1-4,10-11,23-24H,5-7H2,(H,19,25)(H,27,28)(H,20,21,26)/p-1/t10-,11+/m1/s1. The summed E-state index contributed by atoms with van der Waals surface area (Å²) in [5.41, 5.74) is -1.06. The van der Waals surface area contributed by atoms with Gasteiger partial charge in [0, 0.05) is 19.5 Å². The maximum absolute atomic E-state index is 12.9. The van der Waals surface area contributed by atoms with Crippen LogP contribution in [-0.4, -0.2) is 49.7 Å². The van der Waals surface area contributed by atoms with E-state index in [0.29, 0.717) is 5.56 Å². The van der Waals surface area contributed by atoms with Crippen molar-refractivity contribution in [2.24, 2.45) is 0 Å². The highest BCUT2D eigenvalue weighted by atomic mass is 19.1. The van der Waals surface area contributed by atoms with E-state index in [2.05, 4.69) is 15.3 Å². The van der Waals surface area contributed by atoms with Gasteiger partial charge in [-0.05, 0) is 17.7 Å². The Morgan fingerprint density at radius 3 is 2.68 bits per heavy atom. The van der Waals surface area contributed by atoms with Crippen LogP contribution in [0.5, 0.6) is 5.75 Å². The lowest BCUT2D eigenvalue weighted by molar-refractivity contribution is -0.267. The lowest BCUT2D eigenvalue weighted by atomic mass is 10.1. The zero-order valence-electron chi connectivity index (χ0n) is 14.4. The number of amides is 2. The Balaban J connectivity index is 1.84. The summed E-state index contributed by atoms with van der Waals surface area (Å²) >= 11 is 0.